The maximum absolute atomic E-state index is 14.8. The van der Waals surface area contributed by atoms with Gasteiger partial charge in [-0.3, -0.25) is 38.4 Å². The molecule has 25 nitrogen and oxygen atoms in total. The highest BCUT2D eigenvalue weighted by Gasteiger charge is 2.34. The standard InChI is InChI=1S/C64H91N9O16/c1-82-49-25-21-38(57(86-5)53(49)61(70)78)34-46(75)42(18-10-14-30-66)71-63(80)55-51(84-3)27-23-40(59(55)88-7)36-48(77)44(20-12-16-32-68)73-64(81)56-52(85-4)28-24-39(60(56)89-8)35-47(76)43(19-11-15-31-67)72-62(79)54-50(83-2)26-22-37(58(54)87-6)33-45(74)41(69)17-9-13-29-65/h21-28,41-44H,9-20,29-36,65-69H2,1-8H3,(H2,70,78)(H,71,80)(H,72,79)(H,73,81)/t41-,42-,43-,44-/m1/s1. The van der Waals surface area contributed by atoms with Gasteiger partial charge in [0, 0.05) is 47.9 Å². The van der Waals surface area contributed by atoms with Crippen molar-refractivity contribution in [1.29, 1.82) is 0 Å². The van der Waals surface area contributed by atoms with Gasteiger partial charge in [-0.25, -0.2) is 0 Å². The Morgan fingerprint density at radius 2 is 0.596 bits per heavy atom. The molecule has 25 heteroatoms. The van der Waals surface area contributed by atoms with Gasteiger partial charge in [0.1, 0.15) is 68.2 Å². The van der Waals surface area contributed by atoms with Crippen molar-refractivity contribution in [3.63, 3.8) is 0 Å². The van der Waals surface area contributed by atoms with Crippen LogP contribution < -0.4 is 88.2 Å². The Bertz CT molecular complexity index is 3080. The van der Waals surface area contributed by atoms with Gasteiger partial charge in [0.25, 0.3) is 23.6 Å². The van der Waals surface area contributed by atoms with Gasteiger partial charge in [0.05, 0.1) is 81.0 Å². The molecule has 15 N–H and O–H groups in total. The first-order valence-electron chi connectivity index (χ1n) is 29.7. The molecule has 4 rings (SSSR count). The van der Waals surface area contributed by atoms with Crippen LogP contribution in [0.4, 0.5) is 0 Å². The summed E-state index contributed by atoms with van der Waals surface area (Å²) in [6, 6.07) is 8.16. The zero-order valence-electron chi connectivity index (χ0n) is 52.6. The van der Waals surface area contributed by atoms with Crippen LogP contribution in [0.25, 0.3) is 0 Å². The molecule has 0 aliphatic carbocycles. The SMILES string of the molecule is COc1ccc(CC(=O)[C@@H](CCCCN)NC(=O)c2c(OC)ccc(CC(=O)[C@@H](CCCCN)NC(=O)c3c(OC)ccc(CC(=O)[C@@H](CCCCN)NC(=O)c4c(OC)ccc(CC(=O)[C@H](N)CCCCN)c4OC)c3OC)c2OC)c(OC)c1C(N)=O. The highest BCUT2D eigenvalue weighted by atomic mass is 16.5. The van der Waals surface area contributed by atoms with Gasteiger partial charge >= 0.3 is 0 Å². The lowest BCUT2D eigenvalue weighted by atomic mass is 9.94. The van der Waals surface area contributed by atoms with Gasteiger partial charge < -0.3 is 88.2 Å². The summed E-state index contributed by atoms with van der Waals surface area (Å²) in [5.41, 5.74) is 36.0. The van der Waals surface area contributed by atoms with E-state index in [2.05, 4.69) is 16.0 Å². The molecule has 488 valence electrons. The summed E-state index contributed by atoms with van der Waals surface area (Å²) in [5, 5.41) is 8.58. The molecule has 0 bridgehead atoms. The van der Waals surface area contributed by atoms with Gasteiger partial charge in [0.2, 0.25) is 0 Å². The van der Waals surface area contributed by atoms with Crippen LogP contribution in [-0.4, -0.2) is 154 Å². The third-order valence-corrected chi connectivity index (χ3v) is 15.2. The highest BCUT2D eigenvalue weighted by molar-refractivity contribution is 6.06. The van der Waals surface area contributed by atoms with Crippen LogP contribution in [0.15, 0.2) is 48.5 Å². The zero-order chi connectivity index (χ0) is 65.7. The predicted molar refractivity (Wildman–Crippen MR) is 335 cm³/mol. The van der Waals surface area contributed by atoms with Gasteiger partial charge in [-0.2, -0.15) is 0 Å². The number of unbranched alkanes of at least 4 members (excludes halogenated alkanes) is 4. The number of amides is 4. The fourth-order valence-corrected chi connectivity index (χ4v) is 10.5. The number of methoxy groups -OCH3 is 8. The fourth-order valence-electron chi connectivity index (χ4n) is 10.5. The Labute approximate surface area is 520 Å². The van der Waals surface area contributed by atoms with Crippen molar-refractivity contribution in [2.45, 2.75) is 127 Å². The second-order valence-corrected chi connectivity index (χ2v) is 21.1. The van der Waals surface area contributed by atoms with Crippen molar-refractivity contribution in [3.8, 4) is 46.0 Å². The minimum atomic E-state index is -1.17. The molecule has 0 saturated carbocycles. The molecule has 0 aromatic heterocycles. The number of rotatable bonds is 43. The molecule has 4 amide bonds. The van der Waals surface area contributed by atoms with Gasteiger partial charge in [-0.15, -0.1) is 0 Å². The number of carbonyl (C=O) groups is 8. The number of ketones is 4. The molecule has 89 heavy (non-hydrogen) atoms. The average Bonchev–Trinajstić information content (AvgIpc) is 1.25. The number of ether oxygens (including phenoxy) is 8. The van der Waals surface area contributed by atoms with Crippen molar-refractivity contribution < 1.29 is 76.3 Å². The Hall–Kier alpha value is -8.36. The third-order valence-electron chi connectivity index (χ3n) is 15.2. The molecule has 0 fully saturated rings. The molecule has 4 aromatic rings. The first-order valence-corrected chi connectivity index (χ1v) is 29.7. The molecule has 0 saturated heterocycles. The summed E-state index contributed by atoms with van der Waals surface area (Å²) in [6.45, 7) is 1.41. The average molecular weight is 1240 g/mol. The number of Topliss-reactive ketones (excluding diaryl/α,β-unsaturated/α-hetero) is 4. The fraction of sp³-hybridized carbons (Fsp3) is 0.500. The topological polar surface area (TPSA) is 403 Å². The minimum Gasteiger partial charge on any atom is -0.496 e. The molecule has 0 spiro atoms. The number of carbonyl (C=O) groups excluding carboxylic acids is 8. The molecule has 4 atom stereocenters. The number of hydrogen-bond donors (Lipinski definition) is 9. The summed E-state index contributed by atoms with van der Waals surface area (Å²) in [7, 11) is 10.7. The summed E-state index contributed by atoms with van der Waals surface area (Å²) in [6.07, 6.45) is 4.05. The van der Waals surface area contributed by atoms with E-state index in [1.165, 1.54) is 81.1 Å². The summed E-state index contributed by atoms with van der Waals surface area (Å²) in [4.78, 5) is 113. The first kappa shape index (κ1) is 73.1. The van der Waals surface area contributed by atoms with E-state index in [4.69, 9.17) is 72.3 Å². The van der Waals surface area contributed by atoms with Gasteiger partial charge in [-0.05, 0) is 121 Å². The molecule has 0 aliphatic heterocycles. The quantitative estimate of drug-likeness (QED) is 0.0286. The van der Waals surface area contributed by atoms with Crippen molar-refractivity contribution in [2.24, 2.45) is 34.4 Å². The number of primary amides is 1. The summed E-state index contributed by atoms with van der Waals surface area (Å²) >= 11 is 0. The van der Waals surface area contributed by atoms with E-state index in [-0.39, 0.29) is 130 Å². The van der Waals surface area contributed by atoms with Crippen molar-refractivity contribution in [2.75, 3.05) is 83.1 Å². The number of benzene rings is 4. The van der Waals surface area contributed by atoms with E-state index in [1.54, 1.807) is 24.3 Å². The Morgan fingerprint density at radius 3 is 0.843 bits per heavy atom. The van der Waals surface area contributed by atoms with E-state index in [1.807, 2.05) is 0 Å². The van der Waals surface area contributed by atoms with Crippen LogP contribution in [0.1, 0.15) is 141 Å². The smallest absolute Gasteiger partial charge is 0.259 e. The maximum atomic E-state index is 14.8. The molecular weight excluding hydrogens is 1150 g/mol. The van der Waals surface area contributed by atoms with E-state index < -0.39 is 65.1 Å². The highest BCUT2D eigenvalue weighted by Crippen LogP contribution is 2.38. The summed E-state index contributed by atoms with van der Waals surface area (Å²) in [5.74, 6) is -4.32. The van der Waals surface area contributed by atoms with E-state index in [9.17, 15) is 38.4 Å². The Balaban J connectivity index is 1.69. The molecule has 0 unspecified atom stereocenters. The number of nitrogens with one attached hydrogen (secondary N) is 3. The lowest BCUT2D eigenvalue weighted by Gasteiger charge is -2.23. The van der Waals surface area contributed by atoms with Crippen LogP contribution in [-0.2, 0) is 44.9 Å². The van der Waals surface area contributed by atoms with E-state index in [0.717, 1.165) is 0 Å². The van der Waals surface area contributed by atoms with Crippen LogP contribution in [0.2, 0.25) is 0 Å². The first-order chi connectivity index (χ1) is 42.8. The van der Waals surface area contributed by atoms with Crippen LogP contribution in [0, 0.1) is 0 Å². The normalized spacial score (nSPS) is 12.3. The second-order valence-electron chi connectivity index (χ2n) is 21.1. The predicted octanol–water partition coefficient (Wildman–Crippen LogP) is 3.54. The summed E-state index contributed by atoms with van der Waals surface area (Å²) < 4.78 is 45.2. The molecule has 0 radical (unpaired) electrons. The van der Waals surface area contributed by atoms with Gasteiger partial charge in [-0.1, -0.05) is 30.7 Å². The largest absolute Gasteiger partial charge is 0.496 e. The van der Waals surface area contributed by atoms with Crippen molar-refractivity contribution in [1.82, 2.24) is 16.0 Å². The lowest BCUT2D eigenvalue weighted by molar-refractivity contribution is -0.121. The molecular formula is C64H91N9O16. The van der Waals surface area contributed by atoms with Crippen LogP contribution in [0.5, 0.6) is 46.0 Å². The Morgan fingerprint density at radius 1 is 0.348 bits per heavy atom. The van der Waals surface area contributed by atoms with E-state index in [0.29, 0.717) is 95.1 Å². The maximum Gasteiger partial charge on any atom is 0.259 e. The second kappa shape index (κ2) is 37.5. The molecule has 0 heterocycles. The molecule has 4 aromatic carbocycles. The third kappa shape index (κ3) is 19.8. The zero-order valence-corrected chi connectivity index (χ0v) is 52.6. The van der Waals surface area contributed by atoms with Gasteiger partial charge in [0.15, 0.2) is 23.1 Å². The van der Waals surface area contributed by atoms with Crippen molar-refractivity contribution >= 4 is 46.8 Å². The monoisotopic (exact) mass is 1240 g/mol. The van der Waals surface area contributed by atoms with Crippen LogP contribution >= 0.6 is 0 Å². The van der Waals surface area contributed by atoms with Crippen molar-refractivity contribution in [3.05, 3.63) is 93.0 Å². The minimum absolute atomic E-state index is 0.0367. The Kier molecular flexibility index (Phi) is 30.8. The number of hydrogen-bond acceptors (Lipinski definition) is 21. The van der Waals surface area contributed by atoms with Crippen LogP contribution in [0.3, 0.4) is 0 Å². The lowest BCUT2D eigenvalue weighted by Crippen LogP contribution is -2.43. The number of nitrogens with two attached hydrogens (primary N) is 6. The molecule has 0 aliphatic rings. The van der Waals surface area contributed by atoms with E-state index >= 15 is 0 Å².